The van der Waals surface area contributed by atoms with Gasteiger partial charge in [0.2, 0.25) is 0 Å². The summed E-state index contributed by atoms with van der Waals surface area (Å²) in [5.41, 5.74) is 3.34. The van der Waals surface area contributed by atoms with E-state index in [9.17, 15) is 9.90 Å². The highest BCUT2D eigenvalue weighted by Gasteiger charge is 2.37. The molecule has 0 aliphatic carbocycles. The Hall–Kier alpha value is -2.42. The summed E-state index contributed by atoms with van der Waals surface area (Å²) in [5.74, 6) is 0.982. The average molecular weight is 416 g/mol. The summed E-state index contributed by atoms with van der Waals surface area (Å²) in [4.78, 5) is 18.4. The Labute approximate surface area is 172 Å². The fourth-order valence-corrected chi connectivity index (χ4v) is 4.36. The van der Waals surface area contributed by atoms with E-state index in [0.29, 0.717) is 60.7 Å². The van der Waals surface area contributed by atoms with Gasteiger partial charge in [-0.15, -0.1) is 11.3 Å². The zero-order chi connectivity index (χ0) is 20.4. The lowest BCUT2D eigenvalue weighted by Crippen LogP contribution is -2.49. The first kappa shape index (κ1) is 19.9. The first-order valence-corrected chi connectivity index (χ1v) is 10.5. The maximum atomic E-state index is 13.1. The van der Waals surface area contributed by atoms with Crippen LogP contribution in [0, 0.1) is 13.8 Å². The number of rotatable bonds is 7. The Morgan fingerprint density at radius 2 is 2.28 bits per heavy atom. The van der Waals surface area contributed by atoms with Crippen LogP contribution in [0.4, 0.5) is 0 Å². The van der Waals surface area contributed by atoms with Crippen molar-refractivity contribution < 1.29 is 23.8 Å². The summed E-state index contributed by atoms with van der Waals surface area (Å²) in [6, 6.07) is 5.48. The molecule has 0 spiro atoms. The minimum Gasteiger partial charge on any atom is -0.488 e. The molecule has 29 heavy (non-hydrogen) atoms. The highest BCUT2D eigenvalue weighted by atomic mass is 32.1. The van der Waals surface area contributed by atoms with Crippen molar-refractivity contribution in [1.29, 1.82) is 0 Å². The summed E-state index contributed by atoms with van der Waals surface area (Å²) >= 11 is 1.56. The van der Waals surface area contributed by atoms with E-state index in [1.165, 1.54) is 0 Å². The first-order chi connectivity index (χ1) is 14.0. The third kappa shape index (κ3) is 4.01. The number of carbonyl (C=O) groups excluding carboxylic acids is 1. The van der Waals surface area contributed by atoms with Gasteiger partial charge in [0.1, 0.15) is 23.7 Å². The summed E-state index contributed by atoms with van der Waals surface area (Å²) in [6.45, 7) is 5.12. The number of thiazole rings is 1. The molecular formula is C21H24N2O5S. The number of aliphatic hydroxyl groups is 1. The number of fused-ring (bicyclic) bond motifs is 1. The number of ether oxygens (including phenoxy) is 2. The van der Waals surface area contributed by atoms with Gasteiger partial charge in [-0.2, -0.15) is 0 Å². The average Bonchev–Trinajstić information content (AvgIpc) is 3.38. The molecule has 8 heteroatoms. The summed E-state index contributed by atoms with van der Waals surface area (Å²) < 4.78 is 17.2. The van der Waals surface area contributed by atoms with Gasteiger partial charge in [0.15, 0.2) is 0 Å². The number of amides is 1. The van der Waals surface area contributed by atoms with Gasteiger partial charge >= 0.3 is 0 Å². The van der Waals surface area contributed by atoms with E-state index in [1.54, 1.807) is 23.8 Å². The number of nitrogens with one attached hydrogen (secondary N) is 1. The van der Waals surface area contributed by atoms with Crippen LogP contribution in [0.5, 0.6) is 5.75 Å². The predicted molar refractivity (Wildman–Crippen MR) is 109 cm³/mol. The van der Waals surface area contributed by atoms with Crippen LogP contribution in [0.1, 0.15) is 39.5 Å². The molecule has 2 aromatic heterocycles. The lowest BCUT2D eigenvalue weighted by Gasteiger charge is -2.28. The Bertz CT molecular complexity index is 1020. The third-order valence-corrected chi connectivity index (χ3v) is 6.26. The minimum absolute atomic E-state index is 0.0102. The highest BCUT2D eigenvalue weighted by molar-refractivity contribution is 7.09. The Morgan fingerprint density at radius 3 is 2.97 bits per heavy atom. The molecule has 0 bridgehead atoms. The maximum Gasteiger partial charge on any atom is 0.255 e. The first-order valence-electron chi connectivity index (χ1n) is 9.57. The van der Waals surface area contributed by atoms with Gasteiger partial charge in [0.05, 0.1) is 33.8 Å². The quantitative estimate of drug-likeness (QED) is 0.613. The van der Waals surface area contributed by atoms with Crippen molar-refractivity contribution in [1.82, 2.24) is 10.3 Å². The third-order valence-electron chi connectivity index (χ3n) is 5.35. The SMILES string of the molecule is Cc1ncsc1COc1ccc2oc(C)c(C(=O)NC3(CCO)CCOC3)c2c1. The molecule has 1 atom stereocenters. The number of benzene rings is 1. The Morgan fingerprint density at radius 1 is 1.41 bits per heavy atom. The van der Waals surface area contributed by atoms with E-state index in [1.807, 2.05) is 25.1 Å². The number of furan rings is 1. The Balaban J connectivity index is 1.59. The van der Waals surface area contributed by atoms with E-state index < -0.39 is 5.54 Å². The molecule has 3 aromatic rings. The van der Waals surface area contributed by atoms with Crippen LogP contribution >= 0.6 is 11.3 Å². The molecule has 1 unspecified atom stereocenters. The monoisotopic (exact) mass is 416 g/mol. The van der Waals surface area contributed by atoms with Crippen molar-refractivity contribution in [2.45, 2.75) is 38.8 Å². The maximum absolute atomic E-state index is 13.1. The van der Waals surface area contributed by atoms with Crippen molar-refractivity contribution in [3.05, 3.63) is 45.6 Å². The number of aromatic nitrogens is 1. The van der Waals surface area contributed by atoms with Gasteiger partial charge in [-0.05, 0) is 44.9 Å². The smallest absolute Gasteiger partial charge is 0.255 e. The van der Waals surface area contributed by atoms with Crippen LogP contribution in [0.2, 0.25) is 0 Å². The fourth-order valence-electron chi connectivity index (χ4n) is 3.67. The molecule has 1 saturated heterocycles. The van der Waals surface area contributed by atoms with Crippen LogP contribution in [0.25, 0.3) is 11.0 Å². The summed E-state index contributed by atoms with van der Waals surface area (Å²) in [7, 11) is 0. The molecule has 1 amide bonds. The Kier molecular flexibility index (Phi) is 5.58. The van der Waals surface area contributed by atoms with Crippen LogP contribution in [-0.4, -0.2) is 41.4 Å². The number of nitrogens with zero attached hydrogens (tertiary/aromatic N) is 1. The second-order valence-corrected chi connectivity index (χ2v) is 8.29. The molecule has 0 radical (unpaired) electrons. The molecule has 2 N–H and O–H groups in total. The largest absolute Gasteiger partial charge is 0.488 e. The predicted octanol–water partition coefficient (Wildman–Crippen LogP) is 3.36. The number of aryl methyl sites for hydroxylation is 2. The highest BCUT2D eigenvalue weighted by Crippen LogP contribution is 2.31. The zero-order valence-electron chi connectivity index (χ0n) is 16.5. The van der Waals surface area contributed by atoms with Crippen LogP contribution in [0.15, 0.2) is 28.1 Å². The van der Waals surface area contributed by atoms with Crippen LogP contribution in [-0.2, 0) is 11.3 Å². The van der Waals surface area contributed by atoms with E-state index in [0.717, 1.165) is 10.6 Å². The summed E-state index contributed by atoms with van der Waals surface area (Å²) in [6.07, 6.45) is 1.13. The van der Waals surface area contributed by atoms with Crippen molar-refractivity contribution >= 4 is 28.2 Å². The van der Waals surface area contributed by atoms with E-state index in [4.69, 9.17) is 13.9 Å². The fraction of sp³-hybridized carbons (Fsp3) is 0.429. The van der Waals surface area contributed by atoms with E-state index in [2.05, 4.69) is 10.3 Å². The minimum atomic E-state index is -0.542. The normalized spacial score (nSPS) is 19.0. The van der Waals surface area contributed by atoms with E-state index in [-0.39, 0.29) is 12.5 Å². The molecule has 3 heterocycles. The molecule has 4 rings (SSSR count). The van der Waals surface area contributed by atoms with Gasteiger partial charge in [-0.3, -0.25) is 4.79 Å². The van der Waals surface area contributed by atoms with Gasteiger partial charge < -0.3 is 24.3 Å². The van der Waals surface area contributed by atoms with Gasteiger partial charge in [-0.25, -0.2) is 4.98 Å². The number of aliphatic hydroxyl groups excluding tert-OH is 1. The number of carbonyl (C=O) groups is 1. The molecule has 0 saturated carbocycles. The van der Waals surface area contributed by atoms with Crippen molar-refractivity contribution in [3.63, 3.8) is 0 Å². The molecular weight excluding hydrogens is 392 g/mol. The zero-order valence-corrected chi connectivity index (χ0v) is 17.3. The number of hydrogen-bond donors (Lipinski definition) is 2. The lowest BCUT2D eigenvalue weighted by atomic mass is 9.94. The van der Waals surface area contributed by atoms with Crippen molar-refractivity contribution in [2.75, 3.05) is 19.8 Å². The topological polar surface area (TPSA) is 93.8 Å². The van der Waals surface area contributed by atoms with Gasteiger partial charge in [-0.1, -0.05) is 0 Å². The van der Waals surface area contributed by atoms with Gasteiger partial charge in [0.25, 0.3) is 5.91 Å². The van der Waals surface area contributed by atoms with Gasteiger partial charge in [0, 0.05) is 18.6 Å². The number of hydrogen-bond acceptors (Lipinski definition) is 7. The van der Waals surface area contributed by atoms with Crippen molar-refractivity contribution in [3.8, 4) is 5.75 Å². The lowest BCUT2D eigenvalue weighted by molar-refractivity contribution is 0.0850. The molecule has 7 nitrogen and oxygen atoms in total. The van der Waals surface area contributed by atoms with Crippen LogP contribution in [0.3, 0.4) is 0 Å². The standard InChI is InChI=1S/C21H24N2O5S/c1-13-18(29-12-22-13)10-27-15-3-4-17-16(9-15)19(14(2)28-17)20(25)23-21(5-7-24)6-8-26-11-21/h3-4,9,12,24H,5-8,10-11H2,1-2H3,(H,23,25). The molecule has 154 valence electrons. The van der Waals surface area contributed by atoms with E-state index >= 15 is 0 Å². The van der Waals surface area contributed by atoms with Crippen molar-refractivity contribution in [2.24, 2.45) is 0 Å². The molecule has 1 aliphatic rings. The summed E-state index contributed by atoms with van der Waals surface area (Å²) in [5, 5.41) is 13.2. The van der Waals surface area contributed by atoms with Crippen LogP contribution < -0.4 is 10.1 Å². The molecule has 1 aliphatic heterocycles. The second-order valence-electron chi connectivity index (χ2n) is 7.35. The molecule has 1 fully saturated rings. The molecule has 1 aromatic carbocycles. The second kappa shape index (κ2) is 8.14.